The predicted octanol–water partition coefficient (Wildman–Crippen LogP) is 2.63. The number of carbonyl (C=O) groups is 1. The van der Waals surface area contributed by atoms with E-state index in [-0.39, 0.29) is 18.1 Å². The van der Waals surface area contributed by atoms with Gasteiger partial charge in [-0.15, -0.1) is 0 Å². The number of morpholine rings is 1. The van der Waals surface area contributed by atoms with Crippen LogP contribution in [0.4, 0.5) is 0 Å². The van der Waals surface area contributed by atoms with Gasteiger partial charge in [-0.1, -0.05) is 32.9 Å². The van der Waals surface area contributed by atoms with Gasteiger partial charge < -0.3 is 20.7 Å². The molecule has 2 unspecified atom stereocenters. The molecule has 2 rings (SSSR count). The first kappa shape index (κ1) is 25.1. The molecule has 0 radical (unpaired) electrons. The van der Waals surface area contributed by atoms with E-state index in [1.165, 1.54) is 0 Å². The molecular weight excluding hydrogens is 390 g/mol. The molecule has 7 heteroatoms. The van der Waals surface area contributed by atoms with E-state index in [1.54, 1.807) is 0 Å². The van der Waals surface area contributed by atoms with Gasteiger partial charge in [0.25, 0.3) is 5.91 Å². The summed E-state index contributed by atoms with van der Waals surface area (Å²) in [6.07, 6.45) is 1.07. The number of amides is 1. The number of hydrogen-bond donors (Lipinski definition) is 3. The molecule has 0 bridgehead atoms. The topological polar surface area (TPSA) is 78.0 Å². The first-order chi connectivity index (χ1) is 14.9. The summed E-state index contributed by atoms with van der Waals surface area (Å²) in [5.74, 6) is 1.39. The zero-order valence-corrected chi connectivity index (χ0v) is 19.9. The zero-order valence-electron chi connectivity index (χ0n) is 19.9. The Kier molecular flexibility index (Phi) is 10.8. The quantitative estimate of drug-likeness (QED) is 0.392. The van der Waals surface area contributed by atoms with Gasteiger partial charge in [-0.2, -0.15) is 0 Å². The first-order valence-corrected chi connectivity index (χ1v) is 11.7. The standard InChI is InChI=1S/C24H41N5O2/c1-6-19(5)28-23(30)21-10-8-9-20(13-21)14-26-24(25-7-2)27-15-22-17-29(11-12-31-22)16-18(3)4/h8-10,13,18-19,22H,6-7,11-12,14-17H2,1-5H3,(H,28,30)(H2,25,26,27). The summed E-state index contributed by atoms with van der Waals surface area (Å²) in [6.45, 7) is 16.5. The molecule has 3 N–H and O–H groups in total. The Balaban J connectivity index is 1.92. The van der Waals surface area contributed by atoms with Crippen molar-refractivity contribution < 1.29 is 9.53 Å². The van der Waals surface area contributed by atoms with Crippen molar-refractivity contribution in [2.45, 2.75) is 59.7 Å². The Morgan fingerprint density at radius 2 is 2.06 bits per heavy atom. The van der Waals surface area contributed by atoms with Crippen LogP contribution in [0.5, 0.6) is 0 Å². The average Bonchev–Trinajstić information content (AvgIpc) is 2.75. The summed E-state index contributed by atoms with van der Waals surface area (Å²) in [5.41, 5.74) is 1.68. The zero-order chi connectivity index (χ0) is 22.6. The van der Waals surface area contributed by atoms with Gasteiger partial charge >= 0.3 is 0 Å². The number of benzene rings is 1. The molecule has 0 aliphatic carbocycles. The lowest BCUT2D eigenvalue weighted by molar-refractivity contribution is -0.0284. The number of nitrogens with one attached hydrogen (secondary N) is 3. The van der Waals surface area contributed by atoms with Crippen LogP contribution in [-0.2, 0) is 11.3 Å². The Morgan fingerprint density at radius 1 is 1.26 bits per heavy atom. The second kappa shape index (κ2) is 13.3. The van der Waals surface area contributed by atoms with Gasteiger partial charge in [0.1, 0.15) is 0 Å². The molecule has 2 atom stereocenters. The second-order valence-electron chi connectivity index (χ2n) is 8.71. The summed E-state index contributed by atoms with van der Waals surface area (Å²) in [4.78, 5) is 19.6. The lowest BCUT2D eigenvalue weighted by Gasteiger charge is -2.34. The monoisotopic (exact) mass is 431 g/mol. The third-order valence-electron chi connectivity index (χ3n) is 5.29. The number of nitrogens with zero attached hydrogens (tertiary/aromatic N) is 2. The molecule has 1 aliphatic heterocycles. The van der Waals surface area contributed by atoms with Gasteiger partial charge in [-0.3, -0.25) is 9.69 Å². The van der Waals surface area contributed by atoms with Crippen molar-refractivity contribution in [2.24, 2.45) is 10.9 Å². The van der Waals surface area contributed by atoms with E-state index < -0.39 is 0 Å². The fraction of sp³-hybridized carbons (Fsp3) is 0.667. The average molecular weight is 432 g/mol. The molecule has 0 aromatic heterocycles. The van der Waals surface area contributed by atoms with Crippen molar-refractivity contribution in [3.05, 3.63) is 35.4 Å². The van der Waals surface area contributed by atoms with E-state index in [0.29, 0.717) is 18.0 Å². The molecule has 0 spiro atoms. The van der Waals surface area contributed by atoms with Crippen molar-refractivity contribution in [3.63, 3.8) is 0 Å². The number of aliphatic imine (C=N–C) groups is 1. The highest BCUT2D eigenvalue weighted by atomic mass is 16.5. The first-order valence-electron chi connectivity index (χ1n) is 11.7. The van der Waals surface area contributed by atoms with Crippen LogP contribution >= 0.6 is 0 Å². The van der Waals surface area contributed by atoms with E-state index in [2.05, 4.69) is 48.5 Å². The summed E-state index contributed by atoms with van der Waals surface area (Å²) in [7, 11) is 0. The van der Waals surface area contributed by atoms with Crippen molar-refractivity contribution in [1.82, 2.24) is 20.9 Å². The molecule has 1 saturated heterocycles. The maximum Gasteiger partial charge on any atom is 0.251 e. The minimum atomic E-state index is -0.0365. The van der Waals surface area contributed by atoms with Crippen LogP contribution in [0.3, 0.4) is 0 Å². The highest BCUT2D eigenvalue weighted by Gasteiger charge is 2.21. The summed E-state index contributed by atoms with van der Waals surface area (Å²) >= 11 is 0. The van der Waals surface area contributed by atoms with Gasteiger partial charge in [0.05, 0.1) is 19.3 Å². The number of carbonyl (C=O) groups excluding carboxylic acids is 1. The van der Waals surface area contributed by atoms with Crippen LogP contribution in [0.1, 0.15) is 57.0 Å². The molecule has 1 aliphatic rings. The van der Waals surface area contributed by atoms with E-state index >= 15 is 0 Å². The second-order valence-corrected chi connectivity index (χ2v) is 8.71. The Bertz CT molecular complexity index is 707. The van der Waals surface area contributed by atoms with Gasteiger partial charge in [0, 0.05) is 44.3 Å². The largest absolute Gasteiger partial charge is 0.374 e. The van der Waals surface area contributed by atoms with E-state index in [1.807, 2.05) is 31.2 Å². The molecule has 0 saturated carbocycles. The van der Waals surface area contributed by atoms with Crippen LogP contribution in [0.25, 0.3) is 0 Å². The lowest BCUT2D eigenvalue weighted by Crippen LogP contribution is -2.50. The van der Waals surface area contributed by atoms with Gasteiger partial charge in [0.2, 0.25) is 0 Å². The minimum absolute atomic E-state index is 0.0365. The summed E-state index contributed by atoms with van der Waals surface area (Å²) < 4.78 is 5.93. The number of ether oxygens (including phenoxy) is 1. The molecular formula is C24H41N5O2. The number of guanidine groups is 1. The van der Waals surface area contributed by atoms with Crippen molar-refractivity contribution in [3.8, 4) is 0 Å². The third kappa shape index (κ3) is 9.27. The Hall–Kier alpha value is -2.12. The normalized spacial score (nSPS) is 18.6. The Labute approximate surface area is 188 Å². The smallest absolute Gasteiger partial charge is 0.251 e. The molecule has 1 heterocycles. The molecule has 1 aromatic carbocycles. The highest BCUT2D eigenvalue weighted by molar-refractivity contribution is 5.94. The molecule has 7 nitrogen and oxygen atoms in total. The lowest BCUT2D eigenvalue weighted by atomic mass is 10.1. The Morgan fingerprint density at radius 3 is 2.77 bits per heavy atom. The molecule has 1 aromatic rings. The van der Waals surface area contributed by atoms with Crippen LogP contribution in [-0.4, -0.2) is 68.2 Å². The van der Waals surface area contributed by atoms with E-state index in [4.69, 9.17) is 9.73 Å². The van der Waals surface area contributed by atoms with Gasteiger partial charge in [-0.25, -0.2) is 4.99 Å². The molecule has 174 valence electrons. The summed E-state index contributed by atoms with van der Waals surface area (Å²) in [5, 5.41) is 9.72. The van der Waals surface area contributed by atoms with Crippen LogP contribution in [0.2, 0.25) is 0 Å². The fourth-order valence-electron chi connectivity index (χ4n) is 3.53. The van der Waals surface area contributed by atoms with Crippen LogP contribution in [0.15, 0.2) is 29.3 Å². The summed E-state index contributed by atoms with van der Waals surface area (Å²) in [6, 6.07) is 7.84. The highest BCUT2D eigenvalue weighted by Crippen LogP contribution is 2.09. The molecule has 1 fully saturated rings. The molecule has 1 amide bonds. The fourth-order valence-corrected chi connectivity index (χ4v) is 3.53. The van der Waals surface area contributed by atoms with E-state index in [0.717, 1.165) is 57.3 Å². The van der Waals surface area contributed by atoms with Crippen LogP contribution < -0.4 is 16.0 Å². The van der Waals surface area contributed by atoms with Gasteiger partial charge in [0.15, 0.2) is 5.96 Å². The SMILES string of the molecule is CCNC(=NCc1cccc(C(=O)NC(C)CC)c1)NCC1CN(CC(C)C)CCO1. The van der Waals surface area contributed by atoms with Crippen molar-refractivity contribution in [1.29, 1.82) is 0 Å². The van der Waals surface area contributed by atoms with E-state index in [9.17, 15) is 4.79 Å². The number of hydrogen-bond acceptors (Lipinski definition) is 4. The minimum Gasteiger partial charge on any atom is -0.374 e. The molecule has 31 heavy (non-hydrogen) atoms. The van der Waals surface area contributed by atoms with Gasteiger partial charge in [-0.05, 0) is 43.9 Å². The van der Waals surface area contributed by atoms with Crippen molar-refractivity contribution in [2.75, 3.05) is 39.3 Å². The maximum absolute atomic E-state index is 12.4. The number of rotatable bonds is 10. The third-order valence-corrected chi connectivity index (χ3v) is 5.29. The van der Waals surface area contributed by atoms with Crippen molar-refractivity contribution >= 4 is 11.9 Å². The van der Waals surface area contributed by atoms with Crippen LogP contribution in [0, 0.1) is 5.92 Å². The predicted molar refractivity (Wildman–Crippen MR) is 127 cm³/mol. The maximum atomic E-state index is 12.4.